The van der Waals surface area contributed by atoms with Crippen LogP contribution in [0.25, 0.3) is 0 Å². The van der Waals surface area contributed by atoms with Crippen LogP contribution in [0.5, 0.6) is 0 Å². The van der Waals surface area contributed by atoms with Crippen molar-refractivity contribution in [2.45, 2.75) is 25.2 Å². The molecule has 6 nitrogen and oxygen atoms in total. The van der Waals surface area contributed by atoms with Crippen LogP contribution in [0.2, 0.25) is 0 Å². The fourth-order valence-electron chi connectivity index (χ4n) is 1.52. The fraction of sp³-hybridized carbons (Fsp3) is 0.556. The minimum absolute atomic E-state index is 0.200. The van der Waals surface area contributed by atoms with Crippen molar-refractivity contribution in [1.29, 1.82) is 0 Å². The van der Waals surface area contributed by atoms with E-state index in [1.807, 2.05) is 0 Å². The zero-order chi connectivity index (χ0) is 13.2. The Morgan fingerprint density at radius 2 is 2.12 bits per heavy atom. The van der Waals surface area contributed by atoms with Crippen molar-refractivity contribution in [2.24, 2.45) is 12.8 Å². The van der Waals surface area contributed by atoms with E-state index in [1.54, 1.807) is 20.9 Å². The molecule has 0 aromatic carbocycles. The van der Waals surface area contributed by atoms with E-state index in [0.29, 0.717) is 17.8 Å². The third-order valence-electron chi connectivity index (χ3n) is 2.37. The summed E-state index contributed by atoms with van der Waals surface area (Å²) in [6.45, 7) is 3.57. The van der Waals surface area contributed by atoms with E-state index in [-0.39, 0.29) is 16.4 Å². The number of rotatable bonds is 5. The molecule has 1 aromatic heterocycles. The predicted octanol–water partition coefficient (Wildman–Crippen LogP) is -0.00856. The summed E-state index contributed by atoms with van der Waals surface area (Å²) in [6.07, 6.45) is 0.340. The van der Waals surface area contributed by atoms with Crippen LogP contribution in [0, 0.1) is 13.8 Å². The molecular weight excluding hydrogens is 260 g/mol. The Morgan fingerprint density at radius 3 is 2.53 bits per heavy atom. The summed E-state index contributed by atoms with van der Waals surface area (Å²) >= 11 is 4.68. The molecular formula is C9H16N4O2S2. The zero-order valence-electron chi connectivity index (χ0n) is 10.0. The lowest BCUT2D eigenvalue weighted by atomic mass is 10.4. The van der Waals surface area contributed by atoms with E-state index in [0.717, 1.165) is 0 Å². The first-order chi connectivity index (χ1) is 7.75. The number of nitrogens with zero attached hydrogens (tertiary/aromatic N) is 2. The van der Waals surface area contributed by atoms with Crippen molar-refractivity contribution in [3.63, 3.8) is 0 Å². The van der Waals surface area contributed by atoms with Gasteiger partial charge in [0, 0.05) is 20.0 Å². The Kier molecular flexibility index (Phi) is 4.23. The normalized spacial score (nSPS) is 11.7. The van der Waals surface area contributed by atoms with E-state index in [2.05, 4.69) is 22.0 Å². The fourth-order valence-corrected chi connectivity index (χ4v) is 3.09. The molecule has 0 unspecified atom stereocenters. The first kappa shape index (κ1) is 14.1. The first-order valence-corrected chi connectivity index (χ1v) is 6.93. The van der Waals surface area contributed by atoms with Crippen LogP contribution in [-0.4, -0.2) is 29.7 Å². The second-order valence-corrected chi connectivity index (χ2v) is 5.97. The van der Waals surface area contributed by atoms with E-state index >= 15 is 0 Å². The summed E-state index contributed by atoms with van der Waals surface area (Å²) in [6, 6.07) is 0. The Morgan fingerprint density at radius 1 is 1.53 bits per heavy atom. The van der Waals surface area contributed by atoms with Gasteiger partial charge in [0.25, 0.3) is 0 Å². The highest BCUT2D eigenvalue weighted by Gasteiger charge is 2.23. The maximum atomic E-state index is 12.0. The molecule has 0 atom stereocenters. The van der Waals surface area contributed by atoms with Crippen LogP contribution in [0.3, 0.4) is 0 Å². The van der Waals surface area contributed by atoms with Gasteiger partial charge >= 0.3 is 0 Å². The lowest BCUT2D eigenvalue weighted by Gasteiger charge is -2.06. The van der Waals surface area contributed by atoms with Gasteiger partial charge in [-0.2, -0.15) is 5.10 Å². The minimum atomic E-state index is -3.54. The van der Waals surface area contributed by atoms with E-state index in [9.17, 15) is 8.42 Å². The number of thiocarbonyl (C=S) groups is 1. The molecule has 1 heterocycles. The van der Waals surface area contributed by atoms with Gasteiger partial charge in [-0.25, -0.2) is 13.1 Å². The van der Waals surface area contributed by atoms with Gasteiger partial charge in [-0.1, -0.05) is 12.2 Å². The number of aromatic nitrogens is 2. The van der Waals surface area contributed by atoms with Crippen LogP contribution in [0.15, 0.2) is 4.90 Å². The average Bonchev–Trinajstić information content (AvgIpc) is 2.40. The highest BCUT2D eigenvalue weighted by molar-refractivity contribution is 7.89. The Hall–Kier alpha value is -0.990. The topological polar surface area (TPSA) is 90.0 Å². The van der Waals surface area contributed by atoms with Gasteiger partial charge in [0.2, 0.25) is 10.0 Å². The van der Waals surface area contributed by atoms with Crippen LogP contribution in [0.1, 0.15) is 17.8 Å². The molecule has 0 aliphatic carbocycles. The summed E-state index contributed by atoms with van der Waals surface area (Å²) in [7, 11) is -1.84. The summed E-state index contributed by atoms with van der Waals surface area (Å²) in [5, 5.41) is 4.07. The number of nitrogens with one attached hydrogen (secondary N) is 1. The molecule has 0 fully saturated rings. The quantitative estimate of drug-likeness (QED) is 0.738. The summed E-state index contributed by atoms with van der Waals surface area (Å²) in [5.74, 6) is 0. The standard InChI is InChI=1S/C9H16N4O2S2/c1-6-9(7(2)13(3)12-6)17(14,15)11-5-4-8(10)16/h11H,4-5H2,1-3H3,(H2,10,16). The van der Waals surface area contributed by atoms with Crippen LogP contribution in [-0.2, 0) is 17.1 Å². The van der Waals surface area contributed by atoms with E-state index < -0.39 is 10.0 Å². The lowest BCUT2D eigenvalue weighted by molar-refractivity contribution is 0.581. The average molecular weight is 276 g/mol. The summed E-state index contributed by atoms with van der Waals surface area (Å²) in [4.78, 5) is 0.510. The molecule has 1 aromatic rings. The molecule has 0 bridgehead atoms. The number of sulfonamides is 1. The second kappa shape index (κ2) is 5.11. The molecule has 96 valence electrons. The van der Waals surface area contributed by atoms with Crippen LogP contribution >= 0.6 is 12.2 Å². The van der Waals surface area contributed by atoms with Crippen LogP contribution < -0.4 is 10.5 Å². The molecule has 17 heavy (non-hydrogen) atoms. The van der Waals surface area contributed by atoms with Crippen molar-refractivity contribution in [1.82, 2.24) is 14.5 Å². The van der Waals surface area contributed by atoms with Gasteiger partial charge in [0.1, 0.15) is 4.90 Å². The third kappa shape index (κ3) is 3.24. The van der Waals surface area contributed by atoms with E-state index in [1.165, 1.54) is 4.68 Å². The van der Waals surface area contributed by atoms with Gasteiger partial charge in [-0.3, -0.25) is 4.68 Å². The smallest absolute Gasteiger partial charge is 0.244 e. The van der Waals surface area contributed by atoms with Crippen molar-refractivity contribution in [3.8, 4) is 0 Å². The van der Waals surface area contributed by atoms with Gasteiger partial charge in [-0.15, -0.1) is 0 Å². The summed E-state index contributed by atoms with van der Waals surface area (Å²) < 4.78 is 28.0. The van der Waals surface area contributed by atoms with Crippen molar-refractivity contribution in [2.75, 3.05) is 6.54 Å². The van der Waals surface area contributed by atoms with Gasteiger partial charge < -0.3 is 5.73 Å². The molecule has 0 amide bonds. The second-order valence-electron chi connectivity index (χ2n) is 3.74. The molecule has 0 spiro atoms. The lowest BCUT2D eigenvalue weighted by Crippen LogP contribution is -2.28. The zero-order valence-corrected chi connectivity index (χ0v) is 11.7. The molecule has 0 saturated heterocycles. The van der Waals surface area contributed by atoms with Crippen molar-refractivity contribution >= 4 is 27.2 Å². The Labute approximate surface area is 106 Å². The van der Waals surface area contributed by atoms with Gasteiger partial charge in [-0.05, 0) is 13.8 Å². The molecule has 0 radical (unpaired) electrons. The Balaban J connectivity index is 2.94. The maximum absolute atomic E-state index is 12.0. The number of aryl methyl sites for hydroxylation is 2. The van der Waals surface area contributed by atoms with Crippen molar-refractivity contribution in [3.05, 3.63) is 11.4 Å². The molecule has 0 saturated carbocycles. The maximum Gasteiger partial charge on any atom is 0.244 e. The molecule has 3 N–H and O–H groups in total. The molecule has 0 aliphatic heterocycles. The Bertz CT molecular complexity index is 533. The molecule has 1 rings (SSSR count). The predicted molar refractivity (Wildman–Crippen MR) is 69.3 cm³/mol. The monoisotopic (exact) mass is 276 g/mol. The molecule has 8 heteroatoms. The summed E-state index contributed by atoms with van der Waals surface area (Å²) in [5.41, 5.74) is 6.39. The number of hydrogen-bond acceptors (Lipinski definition) is 4. The number of hydrogen-bond donors (Lipinski definition) is 2. The molecule has 0 aliphatic rings. The van der Waals surface area contributed by atoms with Crippen LogP contribution in [0.4, 0.5) is 0 Å². The third-order valence-corrected chi connectivity index (χ3v) is 4.29. The van der Waals surface area contributed by atoms with Gasteiger partial charge in [0.05, 0.1) is 16.4 Å². The van der Waals surface area contributed by atoms with Crippen molar-refractivity contribution < 1.29 is 8.42 Å². The minimum Gasteiger partial charge on any atom is -0.393 e. The number of nitrogens with two attached hydrogens (primary N) is 1. The highest BCUT2D eigenvalue weighted by atomic mass is 32.2. The highest BCUT2D eigenvalue weighted by Crippen LogP contribution is 2.17. The van der Waals surface area contributed by atoms with E-state index in [4.69, 9.17) is 5.73 Å². The SMILES string of the molecule is Cc1nn(C)c(C)c1S(=O)(=O)NCCC(N)=S. The first-order valence-electron chi connectivity index (χ1n) is 5.04. The van der Waals surface area contributed by atoms with Gasteiger partial charge in [0.15, 0.2) is 0 Å². The largest absolute Gasteiger partial charge is 0.393 e.